The molecule has 0 saturated heterocycles. The lowest BCUT2D eigenvalue weighted by atomic mass is 9.74. The summed E-state index contributed by atoms with van der Waals surface area (Å²) in [6.45, 7) is 2.45. The molecule has 5 atom stereocenters. The molecule has 5 rings (SSSR count). The Labute approximate surface area is 221 Å². The lowest BCUT2D eigenvalue weighted by Crippen LogP contribution is -2.44. The fourth-order valence-electron chi connectivity index (χ4n) is 5.61. The summed E-state index contributed by atoms with van der Waals surface area (Å²) in [4.78, 5) is 29.3. The second kappa shape index (κ2) is 9.98. The Morgan fingerprint density at radius 3 is 2.56 bits per heavy atom. The van der Waals surface area contributed by atoms with E-state index in [1.807, 2.05) is 36.4 Å². The van der Waals surface area contributed by atoms with Crippen LogP contribution < -0.4 is 9.47 Å². The lowest BCUT2D eigenvalue weighted by Gasteiger charge is -2.40. The number of carbonyl (C=O) groups is 2. The Balaban J connectivity index is 1.48. The van der Waals surface area contributed by atoms with Crippen LogP contribution in [-0.4, -0.2) is 48.8 Å². The molecule has 1 saturated carbocycles. The minimum atomic E-state index is -0.562. The van der Waals surface area contributed by atoms with Crippen LogP contribution in [0, 0.1) is 11.8 Å². The number of hydrogen-bond donors (Lipinski definition) is 0. The molecule has 0 N–H and O–H groups in total. The molecule has 0 spiro atoms. The van der Waals surface area contributed by atoms with E-state index in [0.29, 0.717) is 47.9 Å². The van der Waals surface area contributed by atoms with Gasteiger partial charge in [-0.1, -0.05) is 36.7 Å². The summed E-state index contributed by atoms with van der Waals surface area (Å²) >= 11 is 12.9. The van der Waals surface area contributed by atoms with Crippen LogP contribution in [0.4, 0.5) is 0 Å². The fourth-order valence-corrected chi connectivity index (χ4v) is 6.10. The van der Waals surface area contributed by atoms with E-state index in [-0.39, 0.29) is 40.8 Å². The summed E-state index contributed by atoms with van der Waals surface area (Å²) in [6.07, 6.45) is 1.44. The molecule has 36 heavy (non-hydrogen) atoms. The molecule has 2 heterocycles. The number of Topliss-reactive ketones (excluding diaryl/α,β-unsaturated/α-hetero) is 1. The number of halogens is 2. The lowest BCUT2D eigenvalue weighted by molar-refractivity contribution is -0.136. The molecule has 2 aromatic rings. The van der Waals surface area contributed by atoms with Crippen molar-refractivity contribution in [2.24, 2.45) is 11.8 Å². The number of ketones is 1. The third-order valence-electron chi connectivity index (χ3n) is 7.56. The van der Waals surface area contributed by atoms with Gasteiger partial charge in [0.25, 0.3) is 5.91 Å². The van der Waals surface area contributed by atoms with Crippen LogP contribution in [0.1, 0.15) is 36.9 Å². The van der Waals surface area contributed by atoms with E-state index < -0.39 is 6.04 Å². The number of rotatable bonds is 6. The van der Waals surface area contributed by atoms with Gasteiger partial charge in [0, 0.05) is 16.9 Å². The number of alkyl halides is 1. The van der Waals surface area contributed by atoms with Gasteiger partial charge in [-0.15, -0.1) is 11.6 Å². The molecule has 1 amide bonds. The molecule has 8 heteroatoms. The highest BCUT2D eigenvalue weighted by Gasteiger charge is 2.53. The molecule has 3 aliphatic rings. The van der Waals surface area contributed by atoms with E-state index >= 15 is 0 Å². The molecule has 0 bridgehead atoms. The van der Waals surface area contributed by atoms with E-state index in [4.69, 9.17) is 37.4 Å². The molecule has 1 fully saturated rings. The summed E-state index contributed by atoms with van der Waals surface area (Å²) in [7, 11) is 3.18. The number of hydrogen-bond acceptors (Lipinski definition) is 5. The topological polar surface area (TPSA) is 65.1 Å². The number of benzene rings is 2. The van der Waals surface area contributed by atoms with Gasteiger partial charge in [-0.3, -0.25) is 9.59 Å². The van der Waals surface area contributed by atoms with Gasteiger partial charge in [-0.2, -0.15) is 0 Å². The van der Waals surface area contributed by atoms with Crippen LogP contribution in [0.25, 0.3) is 0 Å². The van der Waals surface area contributed by atoms with E-state index in [1.165, 1.54) is 0 Å². The predicted octanol–water partition coefficient (Wildman–Crippen LogP) is 5.36. The predicted molar refractivity (Wildman–Crippen MR) is 138 cm³/mol. The first-order valence-electron chi connectivity index (χ1n) is 12.2. The normalized spacial score (nSPS) is 27.5. The second-order valence-corrected chi connectivity index (χ2v) is 10.7. The maximum Gasteiger partial charge on any atom is 0.290 e. The average Bonchev–Trinajstić information content (AvgIpc) is 3.15. The van der Waals surface area contributed by atoms with Gasteiger partial charge in [0.2, 0.25) is 0 Å². The van der Waals surface area contributed by atoms with Crippen molar-refractivity contribution in [1.82, 2.24) is 4.90 Å². The third-order valence-corrected chi connectivity index (χ3v) is 8.40. The highest BCUT2D eigenvalue weighted by Crippen LogP contribution is 2.48. The molecule has 6 nitrogen and oxygen atoms in total. The van der Waals surface area contributed by atoms with Gasteiger partial charge in [-0.25, -0.2) is 0 Å². The van der Waals surface area contributed by atoms with Crippen molar-refractivity contribution in [3.63, 3.8) is 0 Å². The van der Waals surface area contributed by atoms with Gasteiger partial charge in [0.05, 0.1) is 31.8 Å². The maximum absolute atomic E-state index is 13.8. The number of carbonyl (C=O) groups excluding carboxylic acids is 2. The maximum atomic E-state index is 13.8. The van der Waals surface area contributed by atoms with Gasteiger partial charge in [0.1, 0.15) is 6.10 Å². The van der Waals surface area contributed by atoms with Gasteiger partial charge in [0.15, 0.2) is 23.0 Å². The Morgan fingerprint density at radius 2 is 1.83 bits per heavy atom. The molecule has 0 radical (unpaired) electrons. The van der Waals surface area contributed by atoms with Crippen molar-refractivity contribution in [1.29, 1.82) is 0 Å². The van der Waals surface area contributed by atoms with Gasteiger partial charge in [-0.05, 0) is 60.6 Å². The smallest absolute Gasteiger partial charge is 0.290 e. The van der Waals surface area contributed by atoms with Crippen LogP contribution in [0.3, 0.4) is 0 Å². The average molecular weight is 530 g/mol. The quantitative estimate of drug-likeness (QED) is 0.471. The Bertz CT molecular complexity index is 1230. The minimum Gasteiger partial charge on any atom is -0.493 e. The highest BCUT2D eigenvalue weighted by atomic mass is 35.5. The highest BCUT2D eigenvalue weighted by molar-refractivity contribution is 6.30. The van der Waals surface area contributed by atoms with E-state index in [1.54, 1.807) is 25.2 Å². The van der Waals surface area contributed by atoms with Crippen LogP contribution in [0.2, 0.25) is 5.02 Å². The Morgan fingerprint density at radius 1 is 1.06 bits per heavy atom. The van der Waals surface area contributed by atoms with E-state index in [0.717, 1.165) is 11.1 Å². The van der Waals surface area contributed by atoms with Crippen LogP contribution in [-0.2, 0) is 20.7 Å². The van der Waals surface area contributed by atoms with Gasteiger partial charge < -0.3 is 19.1 Å². The Hall–Kier alpha value is -2.70. The first-order valence-corrected chi connectivity index (χ1v) is 13.0. The zero-order valence-corrected chi connectivity index (χ0v) is 22.0. The monoisotopic (exact) mass is 529 g/mol. The van der Waals surface area contributed by atoms with Gasteiger partial charge >= 0.3 is 0 Å². The second-order valence-electron chi connectivity index (χ2n) is 9.73. The first-order chi connectivity index (χ1) is 17.3. The Kier molecular flexibility index (Phi) is 6.92. The standard InChI is InChI=1S/C28H29Cl2NO5/c1-15-11-22-19(14-20(15)30)26(32)24-25(17-5-4-6-18(29)13-17)31(28(33)27(24)36-22)10-9-16-7-8-21(34-2)23(12-16)35-3/h4-8,12-13,15,19-20,22,25H,9-11,14H2,1-3H3. The number of ether oxygens (including phenoxy) is 3. The van der Waals surface area contributed by atoms with Crippen molar-refractivity contribution in [3.8, 4) is 11.5 Å². The SMILES string of the molecule is COc1ccc(CCN2C(=O)C3=C(C(=O)C4CC(Cl)C(C)CC4O3)C2c2cccc(Cl)c2)cc1OC. The van der Waals surface area contributed by atoms with E-state index in [9.17, 15) is 9.59 Å². The summed E-state index contributed by atoms with van der Waals surface area (Å²) in [5.41, 5.74) is 2.19. The van der Waals surface area contributed by atoms with Crippen molar-refractivity contribution in [2.75, 3.05) is 20.8 Å². The van der Waals surface area contributed by atoms with Crippen molar-refractivity contribution < 1.29 is 23.8 Å². The molecule has 1 aliphatic carbocycles. The molecule has 0 aromatic heterocycles. The summed E-state index contributed by atoms with van der Waals surface area (Å²) < 4.78 is 17.1. The summed E-state index contributed by atoms with van der Waals surface area (Å²) in [5.74, 6) is 1.01. The van der Waals surface area contributed by atoms with E-state index in [2.05, 4.69) is 6.92 Å². The molecule has 190 valence electrons. The van der Waals surface area contributed by atoms with Crippen LogP contribution in [0.15, 0.2) is 53.8 Å². The zero-order valence-electron chi connectivity index (χ0n) is 20.5. The molecular formula is C28H29Cl2NO5. The number of nitrogens with zero attached hydrogens (tertiary/aromatic N) is 1. The van der Waals surface area contributed by atoms with Crippen molar-refractivity contribution >= 4 is 34.9 Å². The third kappa shape index (κ3) is 4.35. The largest absolute Gasteiger partial charge is 0.493 e. The fraction of sp³-hybridized carbons (Fsp3) is 0.429. The number of methoxy groups -OCH3 is 2. The van der Waals surface area contributed by atoms with Crippen molar-refractivity contribution in [2.45, 2.75) is 43.7 Å². The first kappa shape index (κ1) is 25.0. The number of fused-ring (bicyclic) bond motifs is 1. The molecule has 5 unspecified atom stereocenters. The number of amides is 1. The van der Waals surface area contributed by atoms with Crippen LogP contribution >= 0.6 is 23.2 Å². The molecule has 2 aromatic carbocycles. The molecule has 2 aliphatic heterocycles. The van der Waals surface area contributed by atoms with Crippen LogP contribution in [0.5, 0.6) is 11.5 Å². The zero-order chi connectivity index (χ0) is 25.6. The molecular weight excluding hydrogens is 501 g/mol. The van der Waals surface area contributed by atoms with Crippen molar-refractivity contribution in [3.05, 3.63) is 69.9 Å². The summed E-state index contributed by atoms with van der Waals surface area (Å²) in [6, 6.07) is 12.5. The minimum absolute atomic E-state index is 0.0363. The summed E-state index contributed by atoms with van der Waals surface area (Å²) in [5, 5.41) is 0.451.